The second-order valence-corrected chi connectivity index (χ2v) is 8.74. The van der Waals surface area contributed by atoms with E-state index >= 15 is 0 Å². The normalized spacial score (nSPS) is 18.2. The molecule has 4 N–H and O–H groups in total. The summed E-state index contributed by atoms with van der Waals surface area (Å²) in [5, 5.41) is 16.2. The van der Waals surface area contributed by atoms with Crippen molar-refractivity contribution < 1.29 is 27.5 Å². The topological polar surface area (TPSA) is 109 Å². The molecule has 0 bridgehead atoms. The van der Waals surface area contributed by atoms with Crippen LogP contribution in [0.4, 0.5) is 34.1 Å². The number of aliphatic hydroxyl groups excluding tert-OH is 1. The summed E-state index contributed by atoms with van der Waals surface area (Å²) in [6.07, 6.45) is -0.408. The SMILES string of the molecule is Cn1ncc(NC(=O)c2nc(-c3c(F)cccc3F)sc2N)c1N1CCC(O)CC(F)(F)C1. The average molecular weight is 484 g/mol. The highest BCUT2D eigenvalue weighted by Crippen LogP contribution is 2.36. The number of hydrogen-bond donors (Lipinski definition) is 3. The number of nitrogens with zero attached hydrogens (tertiary/aromatic N) is 4. The molecule has 4 rings (SSSR count). The fourth-order valence-electron chi connectivity index (χ4n) is 3.73. The largest absolute Gasteiger partial charge is 0.393 e. The minimum atomic E-state index is -3.14. The van der Waals surface area contributed by atoms with Crippen LogP contribution in [-0.4, -0.2) is 50.9 Å². The quantitative estimate of drug-likeness (QED) is 0.491. The molecule has 1 aromatic carbocycles. The Morgan fingerprint density at radius 1 is 1.33 bits per heavy atom. The molecule has 1 aliphatic rings. The van der Waals surface area contributed by atoms with Crippen molar-refractivity contribution in [3.05, 3.63) is 41.7 Å². The summed E-state index contributed by atoms with van der Waals surface area (Å²) >= 11 is 0.743. The van der Waals surface area contributed by atoms with Crippen LogP contribution in [0, 0.1) is 11.6 Å². The molecule has 1 amide bonds. The van der Waals surface area contributed by atoms with Crippen molar-refractivity contribution >= 4 is 33.8 Å². The average Bonchev–Trinajstić information content (AvgIpc) is 3.23. The lowest BCUT2D eigenvalue weighted by Gasteiger charge is -2.26. The van der Waals surface area contributed by atoms with Crippen LogP contribution in [0.1, 0.15) is 23.3 Å². The zero-order chi connectivity index (χ0) is 23.9. The Kier molecular flexibility index (Phi) is 6.01. The molecule has 13 heteroatoms. The van der Waals surface area contributed by atoms with E-state index in [2.05, 4.69) is 15.4 Å². The van der Waals surface area contributed by atoms with E-state index in [9.17, 15) is 27.5 Å². The maximum atomic E-state index is 14.2. The number of alkyl halides is 2. The van der Waals surface area contributed by atoms with Gasteiger partial charge in [0.25, 0.3) is 11.8 Å². The number of aromatic nitrogens is 3. The number of halogens is 4. The molecule has 1 aliphatic heterocycles. The first-order valence-electron chi connectivity index (χ1n) is 9.90. The van der Waals surface area contributed by atoms with E-state index in [0.717, 1.165) is 23.5 Å². The van der Waals surface area contributed by atoms with Gasteiger partial charge in [-0.25, -0.2) is 22.5 Å². The van der Waals surface area contributed by atoms with Crippen molar-refractivity contribution in [2.24, 2.45) is 7.05 Å². The van der Waals surface area contributed by atoms with E-state index in [1.54, 1.807) is 0 Å². The number of thiazole rings is 1. The summed E-state index contributed by atoms with van der Waals surface area (Å²) in [5.74, 6) is -5.42. The van der Waals surface area contributed by atoms with Gasteiger partial charge < -0.3 is 21.1 Å². The summed E-state index contributed by atoms with van der Waals surface area (Å²) in [6, 6.07) is 3.32. The molecule has 1 atom stereocenters. The van der Waals surface area contributed by atoms with E-state index in [1.807, 2.05) is 0 Å². The van der Waals surface area contributed by atoms with Gasteiger partial charge in [0.15, 0.2) is 11.5 Å². The van der Waals surface area contributed by atoms with Gasteiger partial charge in [-0.2, -0.15) is 5.10 Å². The molecule has 33 heavy (non-hydrogen) atoms. The number of nitrogens with two attached hydrogens (primary N) is 1. The number of amides is 1. The maximum absolute atomic E-state index is 14.2. The van der Waals surface area contributed by atoms with Crippen LogP contribution in [-0.2, 0) is 7.05 Å². The molecular weight excluding hydrogens is 464 g/mol. The van der Waals surface area contributed by atoms with Crippen molar-refractivity contribution in [1.82, 2.24) is 14.8 Å². The van der Waals surface area contributed by atoms with Gasteiger partial charge in [0.05, 0.1) is 24.4 Å². The molecule has 8 nitrogen and oxygen atoms in total. The molecule has 1 saturated heterocycles. The van der Waals surface area contributed by atoms with Crippen LogP contribution in [0.15, 0.2) is 24.4 Å². The van der Waals surface area contributed by atoms with Crippen LogP contribution in [0.25, 0.3) is 10.6 Å². The third kappa shape index (κ3) is 4.64. The number of hydrogen-bond acceptors (Lipinski definition) is 7. The second kappa shape index (κ2) is 8.63. The Bertz CT molecular complexity index is 1180. The fraction of sp³-hybridized carbons (Fsp3) is 0.350. The zero-order valence-corrected chi connectivity index (χ0v) is 18.2. The molecule has 1 unspecified atom stereocenters. The van der Waals surface area contributed by atoms with Gasteiger partial charge in [0.1, 0.15) is 27.3 Å². The maximum Gasteiger partial charge on any atom is 0.277 e. The fourth-order valence-corrected chi connectivity index (χ4v) is 4.61. The summed E-state index contributed by atoms with van der Waals surface area (Å²) < 4.78 is 58.0. The first-order chi connectivity index (χ1) is 15.6. The number of carbonyl (C=O) groups excluding carboxylic acids is 1. The second-order valence-electron chi connectivity index (χ2n) is 7.71. The zero-order valence-electron chi connectivity index (χ0n) is 17.4. The minimum Gasteiger partial charge on any atom is -0.393 e. The minimum absolute atomic E-state index is 0.0694. The molecule has 176 valence electrons. The van der Waals surface area contributed by atoms with Gasteiger partial charge in [-0.3, -0.25) is 9.48 Å². The van der Waals surface area contributed by atoms with E-state index in [1.165, 1.54) is 28.9 Å². The van der Waals surface area contributed by atoms with Crippen LogP contribution in [0.5, 0.6) is 0 Å². The molecule has 0 aliphatic carbocycles. The van der Waals surface area contributed by atoms with Crippen molar-refractivity contribution in [1.29, 1.82) is 0 Å². The Balaban J connectivity index is 1.62. The van der Waals surface area contributed by atoms with Crippen molar-refractivity contribution in [2.75, 3.05) is 29.0 Å². The molecule has 1 fully saturated rings. The molecule has 3 aromatic rings. The number of aliphatic hydroxyl groups is 1. The van der Waals surface area contributed by atoms with Crippen LogP contribution in [0.3, 0.4) is 0 Å². The van der Waals surface area contributed by atoms with Gasteiger partial charge in [-0.1, -0.05) is 17.4 Å². The van der Waals surface area contributed by atoms with E-state index < -0.39 is 48.1 Å². The first-order valence-corrected chi connectivity index (χ1v) is 10.7. The number of aryl methyl sites for hydroxylation is 1. The van der Waals surface area contributed by atoms with E-state index in [4.69, 9.17) is 5.73 Å². The highest BCUT2D eigenvalue weighted by atomic mass is 32.1. The van der Waals surface area contributed by atoms with Gasteiger partial charge in [0.2, 0.25) is 0 Å². The van der Waals surface area contributed by atoms with Crippen molar-refractivity contribution in [2.45, 2.75) is 24.9 Å². The Hall–Kier alpha value is -3.19. The molecule has 0 spiro atoms. The summed E-state index contributed by atoms with van der Waals surface area (Å²) in [6.45, 7) is -0.545. The third-order valence-corrected chi connectivity index (χ3v) is 6.09. The molecule has 0 saturated carbocycles. The number of nitrogen functional groups attached to an aromatic ring is 1. The smallest absolute Gasteiger partial charge is 0.277 e. The highest BCUT2D eigenvalue weighted by Gasteiger charge is 2.39. The Morgan fingerprint density at radius 3 is 2.73 bits per heavy atom. The van der Waals surface area contributed by atoms with Crippen molar-refractivity contribution in [3.63, 3.8) is 0 Å². The number of benzene rings is 1. The molecule has 2 aromatic heterocycles. The van der Waals surface area contributed by atoms with E-state index in [-0.39, 0.29) is 40.2 Å². The van der Waals surface area contributed by atoms with Crippen LogP contribution < -0.4 is 16.0 Å². The predicted molar refractivity (Wildman–Crippen MR) is 115 cm³/mol. The highest BCUT2D eigenvalue weighted by molar-refractivity contribution is 7.19. The molecule has 3 heterocycles. The molecular formula is C20H20F4N6O2S. The molecule has 0 radical (unpaired) electrons. The van der Waals surface area contributed by atoms with Gasteiger partial charge >= 0.3 is 0 Å². The van der Waals surface area contributed by atoms with Gasteiger partial charge in [-0.05, 0) is 18.6 Å². The van der Waals surface area contributed by atoms with Crippen LogP contribution >= 0.6 is 11.3 Å². The Labute approximate surface area is 189 Å². The van der Waals surface area contributed by atoms with Gasteiger partial charge in [-0.15, -0.1) is 0 Å². The number of carbonyl (C=O) groups is 1. The number of nitrogens with one attached hydrogen (secondary N) is 1. The van der Waals surface area contributed by atoms with Gasteiger partial charge in [0, 0.05) is 20.0 Å². The monoisotopic (exact) mass is 484 g/mol. The lowest BCUT2D eigenvalue weighted by atomic mass is 10.1. The third-order valence-electron chi connectivity index (χ3n) is 5.19. The van der Waals surface area contributed by atoms with Crippen molar-refractivity contribution in [3.8, 4) is 10.6 Å². The Morgan fingerprint density at radius 2 is 2.03 bits per heavy atom. The lowest BCUT2D eigenvalue weighted by molar-refractivity contribution is -0.0294. The number of anilines is 3. The predicted octanol–water partition coefficient (Wildman–Crippen LogP) is 3.25. The first kappa shape index (κ1) is 23.0. The van der Waals surface area contributed by atoms with E-state index in [0.29, 0.717) is 0 Å². The van der Waals surface area contributed by atoms with Crippen LogP contribution in [0.2, 0.25) is 0 Å². The number of rotatable bonds is 4. The lowest BCUT2D eigenvalue weighted by Crippen LogP contribution is -2.37. The standard InChI is InChI=1S/C20H20F4N6O2S/c1-29-19(30-6-5-10(31)7-20(23,24)9-30)13(8-26-29)27-17(32)15-16(25)33-18(28-15)14-11(21)3-2-4-12(14)22/h2-4,8,10,31H,5-7,9,25H2,1H3,(H,27,32). The summed E-state index contributed by atoms with van der Waals surface area (Å²) in [7, 11) is 1.53. The summed E-state index contributed by atoms with van der Waals surface area (Å²) in [4.78, 5) is 18.2. The summed E-state index contributed by atoms with van der Waals surface area (Å²) in [5.41, 5.74) is 5.35.